The van der Waals surface area contributed by atoms with E-state index < -0.39 is 0 Å². The summed E-state index contributed by atoms with van der Waals surface area (Å²) in [5, 5.41) is 5.50. The fourth-order valence-electron chi connectivity index (χ4n) is 2.17. The molecule has 0 aliphatic carbocycles. The monoisotopic (exact) mass is 297 g/mol. The Balaban J connectivity index is 1.76. The first-order valence-electron chi connectivity index (χ1n) is 6.89. The highest BCUT2D eigenvalue weighted by Crippen LogP contribution is 2.21. The van der Waals surface area contributed by atoms with Crippen molar-refractivity contribution in [2.24, 2.45) is 0 Å². The number of amides is 3. The number of urea groups is 1. The standard InChI is InChI=1S/C15H15N5O2/c1-10-8-18-13(9-17-10)14(21)19-11-3-2-4-12(7-11)20-6-5-16-15(20)22/h2-4,7-9H,5-6H2,1H3,(H,16,22)(H,19,21). The summed E-state index contributed by atoms with van der Waals surface area (Å²) in [6.45, 7) is 3.04. The molecule has 0 radical (unpaired) electrons. The van der Waals surface area contributed by atoms with Crippen LogP contribution in [0.3, 0.4) is 0 Å². The van der Waals surface area contributed by atoms with E-state index in [2.05, 4.69) is 20.6 Å². The van der Waals surface area contributed by atoms with Gasteiger partial charge in [-0.15, -0.1) is 0 Å². The lowest BCUT2D eigenvalue weighted by atomic mass is 10.2. The van der Waals surface area contributed by atoms with Gasteiger partial charge in [0.2, 0.25) is 0 Å². The van der Waals surface area contributed by atoms with Crippen LogP contribution in [-0.4, -0.2) is 35.0 Å². The van der Waals surface area contributed by atoms with E-state index in [0.29, 0.717) is 18.8 Å². The molecule has 0 spiro atoms. The molecule has 1 aromatic carbocycles. The predicted molar refractivity (Wildman–Crippen MR) is 81.9 cm³/mol. The molecule has 1 saturated heterocycles. The zero-order valence-corrected chi connectivity index (χ0v) is 12.0. The first kappa shape index (κ1) is 14.0. The van der Waals surface area contributed by atoms with Crippen LogP contribution in [0.1, 0.15) is 16.2 Å². The van der Waals surface area contributed by atoms with Gasteiger partial charge >= 0.3 is 6.03 Å². The van der Waals surface area contributed by atoms with Gasteiger partial charge in [0.1, 0.15) is 5.69 Å². The van der Waals surface area contributed by atoms with E-state index in [9.17, 15) is 9.59 Å². The van der Waals surface area contributed by atoms with Crippen molar-refractivity contribution in [2.45, 2.75) is 6.92 Å². The van der Waals surface area contributed by atoms with Gasteiger partial charge in [-0.1, -0.05) is 6.07 Å². The lowest BCUT2D eigenvalue weighted by Crippen LogP contribution is -2.27. The van der Waals surface area contributed by atoms with Crippen molar-refractivity contribution in [3.05, 3.63) is 48.0 Å². The van der Waals surface area contributed by atoms with Crippen molar-refractivity contribution in [1.29, 1.82) is 0 Å². The zero-order chi connectivity index (χ0) is 15.5. The SMILES string of the molecule is Cc1cnc(C(=O)Nc2cccc(N3CCNC3=O)c2)cn1. The third-order valence-corrected chi connectivity index (χ3v) is 3.29. The number of carbonyl (C=O) groups excluding carboxylic acids is 2. The summed E-state index contributed by atoms with van der Waals surface area (Å²) in [5.74, 6) is -0.337. The van der Waals surface area contributed by atoms with E-state index in [-0.39, 0.29) is 17.6 Å². The van der Waals surface area contributed by atoms with Gasteiger partial charge in [0.15, 0.2) is 0 Å². The molecular formula is C15H15N5O2. The smallest absolute Gasteiger partial charge is 0.321 e. The van der Waals surface area contributed by atoms with E-state index in [1.165, 1.54) is 6.20 Å². The highest BCUT2D eigenvalue weighted by molar-refractivity contribution is 6.03. The second-order valence-electron chi connectivity index (χ2n) is 4.93. The van der Waals surface area contributed by atoms with Gasteiger partial charge in [-0.25, -0.2) is 9.78 Å². The maximum atomic E-state index is 12.1. The van der Waals surface area contributed by atoms with Crippen LogP contribution in [0.4, 0.5) is 16.2 Å². The average Bonchev–Trinajstić information content (AvgIpc) is 2.94. The maximum Gasteiger partial charge on any atom is 0.321 e. The Morgan fingerprint density at radius 1 is 1.32 bits per heavy atom. The molecule has 1 aliphatic rings. The van der Waals surface area contributed by atoms with Gasteiger partial charge < -0.3 is 10.6 Å². The number of anilines is 2. The Labute approximate surface area is 127 Å². The molecule has 1 aromatic heterocycles. The highest BCUT2D eigenvalue weighted by Gasteiger charge is 2.21. The van der Waals surface area contributed by atoms with Gasteiger partial charge in [-0.2, -0.15) is 0 Å². The Morgan fingerprint density at radius 3 is 2.86 bits per heavy atom. The summed E-state index contributed by atoms with van der Waals surface area (Å²) < 4.78 is 0. The third kappa shape index (κ3) is 2.88. The third-order valence-electron chi connectivity index (χ3n) is 3.29. The van der Waals surface area contributed by atoms with E-state index in [0.717, 1.165) is 11.4 Å². The number of hydrogen-bond acceptors (Lipinski definition) is 4. The van der Waals surface area contributed by atoms with Gasteiger partial charge in [0.25, 0.3) is 5.91 Å². The first-order chi connectivity index (χ1) is 10.6. The van der Waals surface area contributed by atoms with Gasteiger partial charge in [-0.05, 0) is 25.1 Å². The Morgan fingerprint density at radius 2 is 2.18 bits per heavy atom. The summed E-state index contributed by atoms with van der Waals surface area (Å²) in [6.07, 6.45) is 2.97. The molecule has 2 heterocycles. The molecule has 2 aromatic rings. The minimum Gasteiger partial charge on any atom is -0.336 e. The van der Waals surface area contributed by atoms with Crippen LogP contribution in [0.25, 0.3) is 0 Å². The molecule has 1 aliphatic heterocycles. The lowest BCUT2D eigenvalue weighted by Gasteiger charge is -2.15. The lowest BCUT2D eigenvalue weighted by molar-refractivity contribution is 0.102. The van der Waals surface area contributed by atoms with Crippen molar-refractivity contribution in [3.63, 3.8) is 0 Å². The van der Waals surface area contributed by atoms with Crippen LogP contribution in [0.15, 0.2) is 36.7 Å². The average molecular weight is 297 g/mol. The maximum absolute atomic E-state index is 12.1. The minimum atomic E-state index is -0.337. The highest BCUT2D eigenvalue weighted by atomic mass is 16.2. The van der Waals surface area contributed by atoms with Crippen molar-refractivity contribution >= 4 is 23.3 Å². The number of benzene rings is 1. The molecule has 7 nitrogen and oxygen atoms in total. The summed E-state index contributed by atoms with van der Waals surface area (Å²) in [6, 6.07) is 7.00. The van der Waals surface area contributed by atoms with E-state index >= 15 is 0 Å². The summed E-state index contributed by atoms with van der Waals surface area (Å²) in [5.41, 5.74) is 2.33. The summed E-state index contributed by atoms with van der Waals surface area (Å²) >= 11 is 0. The van der Waals surface area contributed by atoms with Gasteiger partial charge in [0, 0.05) is 30.7 Å². The van der Waals surface area contributed by atoms with Crippen molar-refractivity contribution in [3.8, 4) is 0 Å². The largest absolute Gasteiger partial charge is 0.336 e. The zero-order valence-electron chi connectivity index (χ0n) is 12.0. The number of carbonyl (C=O) groups is 2. The molecule has 1 fully saturated rings. The number of nitrogens with zero attached hydrogens (tertiary/aromatic N) is 3. The first-order valence-corrected chi connectivity index (χ1v) is 6.89. The second kappa shape index (κ2) is 5.80. The Kier molecular flexibility index (Phi) is 3.69. The van der Waals surface area contributed by atoms with Crippen LogP contribution >= 0.6 is 0 Å². The molecule has 7 heteroatoms. The summed E-state index contributed by atoms with van der Waals surface area (Å²) in [4.78, 5) is 33.5. The number of aryl methyl sites for hydroxylation is 1. The fourth-order valence-corrected chi connectivity index (χ4v) is 2.17. The van der Waals surface area contributed by atoms with Crippen LogP contribution in [0.2, 0.25) is 0 Å². The Hall–Kier alpha value is -2.96. The number of rotatable bonds is 3. The number of nitrogens with one attached hydrogen (secondary N) is 2. The topological polar surface area (TPSA) is 87.2 Å². The Bertz CT molecular complexity index is 714. The van der Waals surface area contributed by atoms with E-state index in [1.807, 2.05) is 6.07 Å². The van der Waals surface area contributed by atoms with Crippen LogP contribution in [0, 0.1) is 6.92 Å². The molecule has 0 bridgehead atoms. The number of aromatic nitrogens is 2. The quantitative estimate of drug-likeness (QED) is 0.900. The molecular weight excluding hydrogens is 282 g/mol. The van der Waals surface area contributed by atoms with Crippen LogP contribution in [0.5, 0.6) is 0 Å². The van der Waals surface area contributed by atoms with Crippen molar-refractivity contribution in [1.82, 2.24) is 15.3 Å². The second-order valence-corrected chi connectivity index (χ2v) is 4.93. The minimum absolute atomic E-state index is 0.132. The van der Waals surface area contributed by atoms with Gasteiger partial charge in [0.05, 0.1) is 11.9 Å². The van der Waals surface area contributed by atoms with Crippen molar-refractivity contribution in [2.75, 3.05) is 23.3 Å². The normalized spacial score (nSPS) is 13.9. The number of hydrogen-bond donors (Lipinski definition) is 2. The van der Waals surface area contributed by atoms with Crippen molar-refractivity contribution < 1.29 is 9.59 Å². The predicted octanol–water partition coefficient (Wildman–Crippen LogP) is 1.57. The molecule has 2 N–H and O–H groups in total. The molecule has 112 valence electrons. The fraction of sp³-hybridized carbons (Fsp3) is 0.200. The van der Waals surface area contributed by atoms with Gasteiger partial charge in [-0.3, -0.25) is 14.7 Å². The van der Waals surface area contributed by atoms with Crippen LogP contribution < -0.4 is 15.5 Å². The molecule has 3 rings (SSSR count). The molecule has 22 heavy (non-hydrogen) atoms. The molecule has 0 unspecified atom stereocenters. The van der Waals surface area contributed by atoms with E-state index in [1.54, 1.807) is 36.2 Å². The van der Waals surface area contributed by atoms with E-state index in [4.69, 9.17) is 0 Å². The van der Waals surface area contributed by atoms with Crippen LogP contribution in [-0.2, 0) is 0 Å². The molecule has 0 saturated carbocycles. The molecule has 0 atom stereocenters. The summed E-state index contributed by atoms with van der Waals surface area (Å²) in [7, 11) is 0. The molecule has 3 amide bonds.